The van der Waals surface area contributed by atoms with Crippen LogP contribution in [0.1, 0.15) is 24.0 Å². The Morgan fingerprint density at radius 1 is 0.935 bits per heavy atom. The van der Waals surface area contributed by atoms with E-state index in [-0.39, 0.29) is 5.92 Å². The van der Waals surface area contributed by atoms with Gasteiger partial charge in [-0.1, -0.05) is 48.2 Å². The molecule has 158 valence electrons. The number of hydrogen-bond acceptors (Lipinski definition) is 3. The van der Waals surface area contributed by atoms with E-state index < -0.39 is 11.6 Å². The van der Waals surface area contributed by atoms with Crippen LogP contribution < -0.4 is 10.1 Å². The van der Waals surface area contributed by atoms with E-state index in [2.05, 4.69) is 17.2 Å². The average Bonchev–Trinajstić information content (AvgIpc) is 2.81. The summed E-state index contributed by atoms with van der Waals surface area (Å²) in [4.78, 5) is 0. The van der Waals surface area contributed by atoms with Gasteiger partial charge >= 0.3 is 0 Å². The molecule has 0 aromatic heterocycles. The second-order valence-electron chi connectivity index (χ2n) is 7.36. The molecule has 0 unspecified atom stereocenters. The van der Waals surface area contributed by atoms with Crippen molar-refractivity contribution in [2.45, 2.75) is 19.4 Å². The topological polar surface area (TPSA) is 30.5 Å². The number of anilines is 2. The minimum atomic E-state index is -0.906. The Bertz CT molecular complexity index is 1080. The highest BCUT2D eigenvalue weighted by atomic mass is 19.2. The van der Waals surface area contributed by atoms with Crippen molar-refractivity contribution >= 4 is 11.4 Å². The standard InChI is InChI=1S/C26H23F2NO2/c27-23-12-10-21(17-24(23)28)29-25-7-4-8-26(31-18-20-5-2-1-3-6-20)22(25)11-9-19-13-15-30-16-14-19/h1-8,10,12,17,19,29H,13-16,18H2. The minimum Gasteiger partial charge on any atom is -0.488 e. The van der Waals surface area contributed by atoms with E-state index in [4.69, 9.17) is 9.47 Å². The Balaban J connectivity index is 1.63. The van der Waals surface area contributed by atoms with Crippen molar-refractivity contribution in [2.24, 2.45) is 5.92 Å². The smallest absolute Gasteiger partial charge is 0.160 e. The zero-order chi connectivity index (χ0) is 21.5. The Morgan fingerprint density at radius 2 is 1.74 bits per heavy atom. The van der Waals surface area contributed by atoms with Crippen molar-refractivity contribution in [3.05, 3.63) is 89.5 Å². The summed E-state index contributed by atoms with van der Waals surface area (Å²) in [6, 6.07) is 19.2. The number of ether oxygens (including phenoxy) is 2. The van der Waals surface area contributed by atoms with E-state index in [1.807, 2.05) is 48.5 Å². The van der Waals surface area contributed by atoms with Gasteiger partial charge in [0, 0.05) is 30.9 Å². The van der Waals surface area contributed by atoms with E-state index in [0.29, 0.717) is 42.5 Å². The van der Waals surface area contributed by atoms with Crippen LogP contribution in [0, 0.1) is 29.4 Å². The molecule has 1 saturated heterocycles. The molecule has 0 spiro atoms. The molecule has 1 aliphatic heterocycles. The van der Waals surface area contributed by atoms with E-state index in [9.17, 15) is 8.78 Å². The fourth-order valence-electron chi connectivity index (χ4n) is 3.37. The minimum absolute atomic E-state index is 0.257. The summed E-state index contributed by atoms with van der Waals surface area (Å²) in [5.74, 6) is 5.71. The third-order valence-electron chi connectivity index (χ3n) is 5.08. The van der Waals surface area contributed by atoms with E-state index in [0.717, 1.165) is 30.5 Å². The molecule has 0 amide bonds. The summed E-state index contributed by atoms with van der Waals surface area (Å²) in [7, 11) is 0. The van der Waals surface area contributed by atoms with Crippen molar-refractivity contribution in [1.29, 1.82) is 0 Å². The first-order valence-electron chi connectivity index (χ1n) is 10.3. The lowest BCUT2D eigenvalue weighted by Crippen LogP contribution is -2.14. The molecule has 0 radical (unpaired) electrons. The molecular weight excluding hydrogens is 396 g/mol. The molecule has 3 aromatic rings. The molecule has 0 aliphatic carbocycles. The molecule has 31 heavy (non-hydrogen) atoms. The predicted octanol–water partition coefficient (Wildman–Crippen LogP) is 6.07. The van der Waals surface area contributed by atoms with Crippen LogP contribution in [-0.2, 0) is 11.3 Å². The van der Waals surface area contributed by atoms with Gasteiger partial charge in [0.25, 0.3) is 0 Å². The summed E-state index contributed by atoms with van der Waals surface area (Å²) >= 11 is 0. The summed E-state index contributed by atoms with van der Waals surface area (Å²) < 4.78 is 38.5. The van der Waals surface area contributed by atoms with Gasteiger partial charge < -0.3 is 14.8 Å². The van der Waals surface area contributed by atoms with Crippen LogP contribution in [0.3, 0.4) is 0 Å². The zero-order valence-corrected chi connectivity index (χ0v) is 17.0. The van der Waals surface area contributed by atoms with E-state index in [1.54, 1.807) is 0 Å². The third kappa shape index (κ3) is 5.62. The van der Waals surface area contributed by atoms with Gasteiger partial charge in [0.15, 0.2) is 11.6 Å². The number of rotatable bonds is 5. The first kappa shape index (κ1) is 20.9. The van der Waals surface area contributed by atoms with Crippen molar-refractivity contribution in [3.8, 4) is 17.6 Å². The molecule has 3 nitrogen and oxygen atoms in total. The first-order valence-corrected chi connectivity index (χ1v) is 10.3. The number of nitrogens with one attached hydrogen (secondary N) is 1. The van der Waals surface area contributed by atoms with Crippen molar-refractivity contribution in [1.82, 2.24) is 0 Å². The van der Waals surface area contributed by atoms with Gasteiger partial charge in [0.1, 0.15) is 12.4 Å². The first-order chi connectivity index (χ1) is 15.2. The molecule has 4 rings (SSSR count). The van der Waals surface area contributed by atoms with Gasteiger partial charge in [-0.3, -0.25) is 0 Å². The van der Waals surface area contributed by atoms with Crippen LogP contribution in [0.5, 0.6) is 5.75 Å². The lowest BCUT2D eigenvalue weighted by atomic mass is 10.00. The van der Waals surface area contributed by atoms with Crippen LogP contribution in [0.2, 0.25) is 0 Å². The molecular formula is C26H23F2NO2. The van der Waals surface area contributed by atoms with Crippen molar-refractivity contribution < 1.29 is 18.3 Å². The molecule has 0 saturated carbocycles. The van der Waals surface area contributed by atoms with Crippen LogP contribution in [0.15, 0.2) is 66.7 Å². The quantitative estimate of drug-likeness (QED) is 0.510. The van der Waals surface area contributed by atoms with Gasteiger partial charge in [0.2, 0.25) is 0 Å². The molecule has 5 heteroatoms. The van der Waals surface area contributed by atoms with Crippen LogP contribution in [0.4, 0.5) is 20.2 Å². The molecule has 1 N–H and O–H groups in total. The van der Waals surface area contributed by atoms with Crippen molar-refractivity contribution in [2.75, 3.05) is 18.5 Å². The highest BCUT2D eigenvalue weighted by Crippen LogP contribution is 2.30. The Hall–Kier alpha value is -3.36. The summed E-state index contributed by atoms with van der Waals surface area (Å²) in [5.41, 5.74) is 2.85. The second-order valence-corrected chi connectivity index (χ2v) is 7.36. The highest BCUT2D eigenvalue weighted by molar-refractivity contribution is 5.71. The van der Waals surface area contributed by atoms with Crippen LogP contribution in [-0.4, -0.2) is 13.2 Å². The van der Waals surface area contributed by atoms with Gasteiger partial charge in [-0.25, -0.2) is 8.78 Å². The SMILES string of the molecule is Fc1ccc(Nc2cccc(OCc3ccccc3)c2C#CC2CCOCC2)cc1F. The van der Waals surface area contributed by atoms with Crippen LogP contribution in [0.25, 0.3) is 0 Å². The molecule has 1 heterocycles. The summed E-state index contributed by atoms with van der Waals surface area (Å²) in [6.07, 6.45) is 1.79. The normalized spacial score (nSPS) is 13.9. The molecule has 1 fully saturated rings. The number of benzene rings is 3. The predicted molar refractivity (Wildman–Crippen MR) is 117 cm³/mol. The monoisotopic (exact) mass is 419 g/mol. The largest absolute Gasteiger partial charge is 0.488 e. The zero-order valence-electron chi connectivity index (χ0n) is 17.0. The molecule has 3 aromatic carbocycles. The lowest BCUT2D eigenvalue weighted by molar-refractivity contribution is 0.0807. The fourth-order valence-corrected chi connectivity index (χ4v) is 3.37. The average molecular weight is 419 g/mol. The molecule has 0 atom stereocenters. The van der Waals surface area contributed by atoms with E-state index >= 15 is 0 Å². The van der Waals surface area contributed by atoms with E-state index in [1.165, 1.54) is 6.07 Å². The highest BCUT2D eigenvalue weighted by Gasteiger charge is 2.13. The maximum Gasteiger partial charge on any atom is 0.160 e. The maximum atomic E-state index is 13.7. The lowest BCUT2D eigenvalue weighted by Gasteiger charge is -2.17. The Labute approximate surface area is 181 Å². The molecule has 1 aliphatic rings. The van der Waals surface area contributed by atoms with Crippen molar-refractivity contribution in [3.63, 3.8) is 0 Å². The van der Waals surface area contributed by atoms with Gasteiger partial charge in [-0.2, -0.15) is 0 Å². The summed E-state index contributed by atoms with van der Waals surface area (Å²) in [5, 5.41) is 3.15. The van der Waals surface area contributed by atoms with Gasteiger partial charge in [-0.05, 0) is 42.7 Å². The Kier molecular flexibility index (Phi) is 6.81. The third-order valence-corrected chi connectivity index (χ3v) is 5.08. The summed E-state index contributed by atoms with van der Waals surface area (Å²) in [6.45, 7) is 1.83. The number of hydrogen-bond donors (Lipinski definition) is 1. The number of halogens is 2. The maximum absolute atomic E-state index is 13.7. The Morgan fingerprint density at radius 3 is 2.52 bits per heavy atom. The van der Waals surface area contributed by atoms with Gasteiger partial charge in [0.05, 0.1) is 11.3 Å². The fraction of sp³-hybridized carbons (Fsp3) is 0.231. The molecule has 0 bridgehead atoms. The van der Waals surface area contributed by atoms with Gasteiger partial charge in [-0.15, -0.1) is 0 Å². The second kappa shape index (κ2) is 10.1. The van der Waals surface area contributed by atoms with Crippen LogP contribution >= 0.6 is 0 Å².